The summed E-state index contributed by atoms with van der Waals surface area (Å²) in [5.41, 5.74) is 1.85. The van der Waals surface area contributed by atoms with Crippen molar-refractivity contribution in [3.05, 3.63) is 62.7 Å². The molecule has 0 saturated heterocycles. The van der Waals surface area contributed by atoms with Gasteiger partial charge in [0.2, 0.25) is 5.91 Å². The number of amides is 1. The molecule has 0 aliphatic carbocycles. The molecule has 0 radical (unpaired) electrons. The van der Waals surface area contributed by atoms with Crippen LogP contribution in [-0.2, 0) is 4.79 Å². The molecule has 0 unspecified atom stereocenters. The Bertz CT molecular complexity index is 616. The lowest BCUT2D eigenvalue weighted by Gasteiger charge is -2.16. The maximum Gasteiger partial charge on any atom is 0.239 e. The summed E-state index contributed by atoms with van der Waals surface area (Å²) in [4.78, 5) is 12.0. The fraction of sp³-hybridized carbons (Fsp3) is 0.188. The van der Waals surface area contributed by atoms with E-state index in [-0.39, 0.29) is 18.5 Å². The zero-order valence-corrected chi connectivity index (χ0v) is 14.5. The second kappa shape index (κ2) is 7.66. The first-order valence-corrected chi connectivity index (χ1v) is 8.05. The smallest absolute Gasteiger partial charge is 0.239 e. The highest BCUT2D eigenvalue weighted by Crippen LogP contribution is 2.21. The Morgan fingerprint density at radius 2 is 1.86 bits per heavy atom. The topological polar surface area (TPSA) is 41.1 Å². The van der Waals surface area contributed by atoms with Gasteiger partial charge in [0, 0.05) is 14.3 Å². The third-order valence-corrected chi connectivity index (χ3v) is 4.11. The van der Waals surface area contributed by atoms with E-state index in [1.54, 1.807) is 0 Å². The minimum atomic E-state index is -0.121. The molecule has 0 saturated carbocycles. The molecule has 2 aromatic carbocycles. The average Bonchev–Trinajstić information content (AvgIpc) is 2.47. The largest absolute Gasteiger partial charge is 0.376 e. The Morgan fingerprint density at radius 3 is 2.52 bits per heavy atom. The number of hydrogen-bond acceptors (Lipinski definition) is 2. The Kier molecular flexibility index (Phi) is 5.87. The number of halogens is 2. The lowest BCUT2D eigenvalue weighted by Crippen LogP contribution is -2.32. The lowest BCUT2D eigenvalue weighted by atomic mass is 10.1. The van der Waals surface area contributed by atoms with Crippen molar-refractivity contribution in [2.45, 2.75) is 13.0 Å². The van der Waals surface area contributed by atoms with Gasteiger partial charge in [0.1, 0.15) is 0 Å². The molecule has 0 aliphatic rings. The van der Waals surface area contributed by atoms with Gasteiger partial charge in [0.15, 0.2) is 0 Å². The van der Waals surface area contributed by atoms with Crippen molar-refractivity contribution >= 4 is 45.8 Å². The number of carbonyl (C=O) groups is 1. The summed E-state index contributed by atoms with van der Waals surface area (Å²) in [5.74, 6) is -0.0685. The van der Waals surface area contributed by atoms with Gasteiger partial charge in [-0.3, -0.25) is 4.79 Å². The van der Waals surface area contributed by atoms with Crippen LogP contribution in [-0.4, -0.2) is 12.5 Å². The van der Waals surface area contributed by atoms with Crippen LogP contribution in [0.25, 0.3) is 0 Å². The van der Waals surface area contributed by atoms with E-state index in [1.807, 2.05) is 55.5 Å². The molecule has 2 rings (SSSR count). The third-order valence-electron chi connectivity index (χ3n) is 3.05. The highest BCUT2D eigenvalue weighted by atomic mass is 127. The van der Waals surface area contributed by atoms with Crippen LogP contribution < -0.4 is 10.6 Å². The molecule has 1 amide bonds. The molecule has 21 heavy (non-hydrogen) atoms. The average molecular weight is 415 g/mol. The Labute approximate surface area is 143 Å². The van der Waals surface area contributed by atoms with E-state index in [9.17, 15) is 4.79 Å². The van der Waals surface area contributed by atoms with Crippen LogP contribution in [0.1, 0.15) is 18.5 Å². The molecule has 2 N–H and O–H groups in total. The van der Waals surface area contributed by atoms with Gasteiger partial charge in [0.25, 0.3) is 0 Å². The molecule has 5 heteroatoms. The molecule has 0 fully saturated rings. The van der Waals surface area contributed by atoms with E-state index in [2.05, 4.69) is 33.2 Å². The van der Waals surface area contributed by atoms with Gasteiger partial charge in [-0.05, 0) is 65.4 Å². The standard InChI is InChI=1S/C16H16ClIN2O/c1-11(14-4-2-3-5-15(14)17)20-16(21)10-19-13-8-6-12(18)7-9-13/h2-9,11,19H,10H2,1H3,(H,20,21)/t11-/m1/s1. The SMILES string of the molecule is C[C@@H](NC(=O)CNc1ccc(I)cc1)c1ccccc1Cl. The number of carbonyl (C=O) groups excluding carboxylic acids is 1. The number of nitrogens with one attached hydrogen (secondary N) is 2. The van der Waals surface area contributed by atoms with Gasteiger partial charge in [0.05, 0.1) is 12.6 Å². The summed E-state index contributed by atoms with van der Waals surface area (Å²) in [6.45, 7) is 2.15. The zero-order valence-electron chi connectivity index (χ0n) is 11.6. The van der Waals surface area contributed by atoms with Crippen molar-refractivity contribution in [3.63, 3.8) is 0 Å². The van der Waals surface area contributed by atoms with E-state index in [4.69, 9.17) is 11.6 Å². The second-order valence-corrected chi connectivity index (χ2v) is 6.32. The highest BCUT2D eigenvalue weighted by Gasteiger charge is 2.11. The normalized spacial score (nSPS) is 11.8. The minimum Gasteiger partial charge on any atom is -0.376 e. The summed E-state index contributed by atoms with van der Waals surface area (Å²) in [6.07, 6.45) is 0. The highest BCUT2D eigenvalue weighted by molar-refractivity contribution is 14.1. The van der Waals surface area contributed by atoms with Crippen LogP contribution in [0.5, 0.6) is 0 Å². The second-order valence-electron chi connectivity index (χ2n) is 4.67. The molecule has 3 nitrogen and oxygen atoms in total. The summed E-state index contributed by atoms with van der Waals surface area (Å²) in [7, 11) is 0. The van der Waals surface area contributed by atoms with E-state index >= 15 is 0 Å². The van der Waals surface area contributed by atoms with E-state index in [0.717, 1.165) is 14.8 Å². The van der Waals surface area contributed by atoms with Crippen molar-refractivity contribution in [1.82, 2.24) is 5.32 Å². The summed E-state index contributed by atoms with van der Waals surface area (Å²) >= 11 is 8.37. The summed E-state index contributed by atoms with van der Waals surface area (Å²) in [5, 5.41) is 6.69. The molecular formula is C16H16ClIN2O. The number of anilines is 1. The summed E-state index contributed by atoms with van der Waals surface area (Å²) < 4.78 is 1.16. The van der Waals surface area contributed by atoms with Gasteiger partial charge in [-0.1, -0.05) is 29.8 Å². The number of hydrogen-bond donors (Lipinski definition) is 2. The molecule has 0 aromatic heterocycles. The third kappa shape index (κ3) is 4.89. The predicted octanol–water partition coefficient (Wildman–Crippen LogP) is 4.23. The van der Waals surface area contributed by atoms with Crippen LogP contribution in [0.4, 0.5) is 5.69 Å². The van der Waals surface area contributed by atoms with Crippen LogP contribution in [0.2, 0.25) is 5.02 Å². The van der Waals surface area contributed by atoms with Crippen LogP contribution in [0.3, 0.4) is 0 Å². The van der Waals surface area contributed by atoms with Crippen molar-refractivity contribution < 1.29 is 4.79 Å². The number of benzene rings is 2. The van der Waals surface area contributed by atoms with Crippen LogP contribution in [0, 0.1) is 3.57 Å². The van der Waals surface area contributed by atoms with Crippen LogP contribution in [0.15, 0.2) is 48.5 Å². The maximum absolute atomic E-state index is 12.0. The molecule has 0 heterocycles. The first-order chi connectivity index (χ1) is 10.1. The van der Waals surface area contributed by atoms with Crippen molar-refractivity contribution in [3.8, 4) is 0 Å². The summed E-state index contributed by atoms with van der Waals surface area (Å²) in [6, 6.07) is 15.3. The Balaban J connectivity index is 1.87. The molecule has 0 aliphatic heterocycles. The van der Waals surface area contributed by atoms with E-state index < -0.39 is 0 Å². The molecule has 110 valence electrons. The lowest BCUT2D eigenvalue weighted by molar-refractivity contribution is -0.120. The first kappa shape index (κ1) is 16.1. The van der Waals surface area contributed by atoms with Gasteiger partial charge < -0.3 is 10.6 Å². The number of rotatable bonds is 5. The minimum absolute atomic E-state index is 0.0685. The van der Waals surface area contributed by atoms with Gasteiger partial charge in [-0.15, -0.1) is 0 Å². The maximum atomic E-state index is 12.0. The molecular weight excluding hydrogens is 399 g/mol. The van der Waals surface area contributed by atoms with Gasteiger partial charge in [-0.25, -0.2) is 0 Å². The van der Waals surface area contributed by atoms with Gasteiger partial charge in [-0.2, -0.15) is 0 Å². The Morgan fingerprint density at radius 1 is 1.19 bits per heavy atom. The van der Waals surface area contributed by atoms with Crippen LogP contribution >= 0.6 is 34.2 Å². The molecule has 0 bridgehead atoms. The fourth-order valence-electron chi connectivity index (χ4n) is 1.95. The zero-order chi connectivity index (χ0) is 15.2. The molecule has 2 aromatic rings. The van der Waals surface area contributed by atoms with Crippen molar-refractivity contribution in [1.29, 1.82) is 0 Å². The Hall–Kier alpha value is -1.27. The van der Waals surface area contributed by atoms with Gasteiger partial charge >= 0.3 is 0 Å². The first-order valence-electron chi connectivity index (χ1n) is 6.59. The van der Waals surface area contributed by atoms with E-state index in [0.29, 0.717) is 5.02 Å². The van der Waals surface area contributed by atoms with Crippen molar-refractivity contribution in [2.75, 3.05) is 11.9 Å². The quantitative estimate of drug-likeness (QED) is 0.719. The van der Waals surface area contributed by atoms with E-state index in [1.165, 1.54) is 0 Å². The fourth-order valence-corrected chi connectivity index (χ4v) is 2.61. The predicted molar refractivity (Wildman–Crippen MR) is 95.7 cm³/mol. The molecule has 1 atom stereocenters. The molecule has 0 spiro atoms. The monoisotopic (exact) mass is 414 g/mol. The van der Waals surface area contributed by atoms with Crippen molar-refractivity contribution in [2.24, 2.45) is 0 Å².